The Kier molecular flexibility index (Phi) is 6.41. The molecule has 0 saturated carbocycles. The maximum atomic E-state index is 12.6. The Bertz CT molecular complexity index is 1360. The smallest absolute Gasteiger partial charge is 0.224 e. The first kappa shape index (κ1) is 22.1. The van der Waals surface area contributed by atoms with Crippen molar-refractivity contribution in [2.75, 3.05) is 10.6 Å². The number of nitriles is 1. The lowest BCUT2D eigenvalue weighted by molar-refractivity contribution is -0.118. The molecule has 1 aromatic heterocycles. The zero-order valence-corrected chi connectivity index (χ0v) is 18.8. The largest absolute Gasteiger partial charge is 0.341 e. The molecule has 166 valence electrons. The molecule has 0 saturated heterocycles. The number of benzene rings is 3. The van der Waals surface area contributed by atoms with Crippen molar-refractivity contribution in [3.05, 3.63) is 72.3 Å². The molecule has 6 nitrogen and oxygen atoms in total. The van der Waals surface area contributed by atoms with Gasteiger partial charge in [-0.25, -0.2) is 0 Å². The Balaban J connectivity index is 1.38. The molecule has 6 heteroatoms. The average Bonchev–Trinajstić information content (AvgIpc) is 3.12. The number of fused-ring (bicyclic) bond motifs is 3. The summed E-state index contributed by atoms with van der Waals surface area (Å²) in [5.41, 5.74) is 4.25. The van der Waals surface area contributed by atoms with E-state index in [0.29, 0.717) is 11.3 Å². The summed E-state index contributed by atoms with van der Waals surface area (Å²) in [6.07, 6.45) is 0.478. The molecule has 0 bridgehead atoms. The normalized spacial score (nSPS) is 11.8. The van der Waals surface area contributed by atoms with Gasteiger partial charge in [0.2, 0.25) is 11.8 Å². The van der Waals surface area contributed by atoms with Crippen molar-refractivity contribution in [1.29, 1.82) is 5.26 Å². The molecular formula is C27H26N4O2. The lowest BCUT2D eigenvalue weighted by Gasteiger charge is -2.12. The highest BCUT2D eigenvalue weighted by Gasteiger charge is 2.15. The van der Waals surface area contributed by atoms with Crippen molar-refractivity contribution < 1.29 is 9.59 Å². The van der Waals surface area contributed by atoms with Crippen molar-refractivity contribution in [1.82, 2.24) is 4.57 Å². The van der Waals surface area contributed by atoms with Gasteiger partial charge in [0.1, 0.15) is 0 Å². The number of hydrogen-bond acceptors (Lipinski definition) is 3. The molecular weight excluding hydrogens is 412 g/mol. The Hall–Kier alpha value is -4.11. The van der Waals surface area contributed by atoms with Crippen molar-refractivity contribution in [3.8, 4) is 6.07 Å². The number of rotatable bonds is 7. The van der Waals surface area contributed by atoms with Crippen molar-refractivity contribution >= 4 is 45.0 Å². The van der Waals surface area contributed by atoms with Gasteiger partial charge in [-0.15, -0.1) is 0 Å². The number of nitrogens with zero attached hydrogens (tertiary/aromatic N) is 2. The number of para-hydroxylation sites is 1. The first-order valence-corrected chi connectivity index (χ1v) is 11.1. The lowest BCUT2D eigenvalue weighted by atomic mass is 10.0. The van der Waals surface area contributed by atoms with E-state index in [1.807, 2.05) is 43.3 Å². The van der Waals surface area contributed by atoms with Gasteiger partial charge in [0.05, 0.1) is 11.6 Å². The van der Waals surface area contributed by atoms with Gasteiger partial charge in [0.15, 0.2) is 0 Å². The number of hydrogen-bond donors (Lipinski definition) is 2. The zero-order chi connectivity index (χ0) is 23.4. The van der Waals surface area contributed by atoms with Crippen LogP contribution in [0.25, 0.3) is 21.8 Å². The fourth-order valence-corrected chi connectivity index (χ4v) is 4.23. The average molecular weight is 439 g/mol. The lowest BCUT2D eigenvalue weighted by Crippen LogP contribution is -2.20. The van der Waals surface area contributed by atoms with Crippen LogP contribution in [0, 0.1) is 17.2 Å². The third kappa shape index (κ3) is 4.88. The van der Waals surface area contributed by atoms with Crippen molar-refractivity contribution in [2.45, 2.75) is 33.2 Å². The van der Waals surface area contributed by atoms with Crippen LogP contribution in [0.4, 0.5) is 11.4 Å². The van der Waals surface area contributed by atoms with Gasteiger partial charge < -0.3 is 15.2 Å². The summed E-state index contributed by atoms with van der Waals surface area (Å²) in [6.45, 7) is 4.88. The van der Waals surface area contributed by atoms with Crippen LogP contribution in [-0.2, 0) is 16.1 Å². The molecule has 3 aromatic carbocycles. The zero-order valence-electron chi connectivity index (χ0n) is 18.8. The molecule has 4 rings (SSSR count). The summed E-state index contributed by atoms with van der Waals surface area (Å²) in [7, 11) is 0. The maximum absolute atomic E-state index is 12.6. The summed E-state index contributed by atoms with van der Waals surface area (Å²) in [6, 6.07) is 23.0. The molecule has 1 atom stereocenters. The number of anilines is 2. The van der Waals surface area contributed by atoms with Crippen LogP contribution in [0.1, 0.15) is 32.3 Å². The Morgan fingerprint density at radius 3 is 2.15 bits per heavy atom. The topological polar surface area (TPSA) is 86.9 Å². The van der Waals surface area contributed by atoms with Crippen molar-refractivity contribution in [2.24, 2.45) is 5.92 Å². The monoisotopic (exact) mass is 438 g/mol. The molecule has 0 aliphatic rings. The van der Waals surface area contributed by atoms with E-state index < -0.39 is 0 Å². The summed E-state index contributed by atoms with van der Waals surface area (Å²) in [4.78, 5) is 24.9. The molecule has 0 radical (unpaired) electrons. The third-order valence-electron chi connectivity index (χ3n) is 5.74. The molecule has 33 heavy (non-hydrogen) atoms. The van der Waals surface area contributed by atoms with E-state index >= 15 is 0 Å². The van der Waals surface area contributed by atoms with E-state index in [4.69, 9.17) is 5.26 Å². The van der Waals surface area contributed by atoms with E-state index in [-0.39, 0.29) is 30.6 Å². The number of carbonyl (C=O) groups excluding carboxylic acids is 2. The summed E-state index contributed by atoms with van der Waals surface area (Å²) >= 11 is 0. The van der Waals surface area contributed by atoms with E-state index in [1.54, 1.807) is 24.3 Å². The second-order valence-electron chi connectivity index (χ2n) is 8.29. The standard InChI is InChI=1S/C27H26N4O2/c1-3-31-24-7-5-4-6-22(24)23-16-21(12-13-25(23)31)30-27(33)15-18(2)14-26(32)29-20-10-8-19(17-28)9-11-20/h4-13,16,18H,3,14-15H2,1-2H3,(H,29,32)(H,30,33). The quantitative estimate of drug-likeness (QED) is 0.389. The molecule has 1 unspecified atom stereocenters. The van der Waals surface area contributed by atoms with Gasteiger partial charge in [-0.1, -0.05) is 25.1 Å². The van der Waals surface area contributed by atoms with Crippen LogP contribution in [0.15, 0.2) is 66.7 Å². The van der Waals surface area contributed by atoms with E-state index in [0.717, 1.165) is 23.1 Å². The first-order valence-electron chi connectivity index (χ1n) is 11.1. The minimum Gasteiger partial charge on any atom is -0.341 e. The number of carbonyl (C=O) groups is 2. The molecule has 1 heterocycles. The third-order valence-corrected chi connectivity index (χ3v) is 5.74. The van der Waals surface area contributed by atoms with E-state index in [2.05, 4.69) is 34.3 Å². The van der Waals surface area contributed by atoms with Gasteiger partial charge in [-0.3, -0.25) is 9.59 Å². The number of aromatic nitrogens is 1. The SMILES string of the molecule is CCn1c2ccccc2c2cc(NC(=O)CC(C)CC(=O)Nc3ccc(C#N)cc3)ccc21. The molecule has 0 fully saturated rings. The Morgan fingerprint density at radius 1 is 0.879 bits per heavy atom. The van der Waals surface area contributed by atoms with Crippen LogP contribution in [0.2, 0.25) is 0 Å². The minimum absolute atomic E-state index is 0.117. The highest BCUT2D eigenvalue weighted by Crippen LogP contribution is 2.31. The van der Waals surface area contributed by atoms with Crippen LogP contribution in [0.3, 0.4) is 0 Å². The molecule has 0 aliphatic heterocycles. The first-order chi connectivity index (χ1) is 16.0. The Labute approximate surface area is 192 Å². The predicted octanol–water partition coefficient (Wildman–Crippen LogP) is 5.68. The van der Waals surface area contributed by atoms with Crippen LogP contribution in [0.5, 0.6) is 0 Å². The highest BCUT2D eigenvalue weighted by atomic mass is 16.2. The van der Waals surface area contributed by atoms with E-state index in [9.17, 15) is 9.59 Å². The van der Waals surface area contributed by atoms with Gasteiger partial charge in [0.25, 0.3) is 0 Å². The molecule has 4 aromatic rings. The molecule has 0 aliphatic carbocycles. The van der Waals surface area contributed by atoms with Gasteiger partial charge in [0, 0.05) is 52.6 Å². The predicted molar refractivity (Wildman–Crippen MR) is 132 cm³/mol. The van der Waals surface area contributed by atoms with Gasteiger partial charge in [-0.2, -0.15) is 5.26 Å². The molecule has 2 N–H and O–H groups in total. The summed E-state index contributed by atoms with van der Waals surface area (Å²) < 4.78 is 2.27. The molecule has 2 amide bonds. The number of aryl methyl sites for hydroxylation is 1. The second kappa shape index (κ2) is 9.58. The minimum atomic E-state index is -0.159. The van der Waals surface area contributed by atoms with Crippen LogP contribution in [-0.4, -0.2) is 16.4 Å². The molecule has 0 spiro atoms. The van der Waals surface area contributed by atoms with E-state index in [1.165, 1.54) is 10.9 Å². The maximum Gasteiger partial charge on any atom is 0.224 e. The van der Waals surface area contributed by atoms with Gasteiger partial charge >= 0.3 is 0 Å². The van der Waals surface area contributed by atoms with Crippen LogP contribution >= 0.6 is 0 Å². The van der Waals surface area contributed by atoms with Crippen LogP contribution < -0.4 is 10.6 Å². The van der Waals surface area contributed by atoms with Crippen molar-refractivity contribution in [3.63, 3.8) is 0 Å². The number of nitrogens with one attached hydrogen (secondary N) is 2. The Morgan fingerprint density at radius 2 is 1.48 bits per heavy atom. The second-order valence-corrected chi connectivity index (χ2v) is 8.29. The fourth-order valence-electron chi connectivity index (χ4n) is 4.23. The number of amides is 2. The fraction of sp³-hybridized carbons (Fsp3) is 0.222. The summed E-state index contributed by atoms with van der Waals surface area (Å²) in [5, 5.41) is 16.9. The highest BCUT2D eigenvalue weighted by molar-refractivity contribution is 6.09. The van der Waals surface area contributed by atoms with Gasteiger partial charge in [-0.05, 0) is 61.4 Å². The summed E-state index contributed by atoms with van der Waals surface area (Å²) in [5.74, 6) is -0.393.